The van der Waals surface area contributed by atoms with Gasteiger partial charge in [0.05, 0.1) is 51.1 Å². The van der Waals surface area contributed by atoms with Crippen molar-refractivity contribution in [2.75, 3.05) is 72.9 Å². The standard InChI is InChI=1S/C54H90FN7O10S/c1-11-13-14-16-26-62(51(65)47(39(7)12-2)60-49(64)44-18-15-17-25-61(44)10)45(37(3)4)34-46(72-53(68)57-24-28-70-30-32-71-31-29-69-27-23-56-38(5)6)50-59-43(36-73-50)48(63)58-42(35-54(8,9)52(66)67)33-40-19-21-41(55)22-20-40/h19-22,36-39,42,44-47,56H,11-18,23-35H2,1-10H3,(H,57,68)(H,58,63)(H,60,64)(H,66,67)/t39-,42-,44+,45+,46+,47-/m0/s1. The Kier molecular flexibility index (Phi) is 29.0. The first-order valence-electron chi connectivity index (χ1n) is 26.7. The minimum Gasteiger partial charge on any atom is -0.481 e. The minimum absolute atomic E-state index is 0.0392. The Hall–Kier alpha value is -4.27. The van der Waals surface area contributed by atoms with Gasteiger partial charge in [-0.1, -0.05) is 92.7 Å². The molecule has 19 heteroatoms. The molecule has 5 N–H and O–H groups in total. The first-order valence-corrected chi connectivity index (χ1v) is 27.6. The number of carboxylic acid groups (broad SMARTS) is 1. The Labute approximate surface area is 439 Å². The fourth-order valence-corrected chi connectivity index (χ4v) is 9.62. The molecule has 1 aromatic heterocycles. The fourth-order valence-electron chi connectivity index (χ4n) is 8.78. The van der Waals surface area contributed by atoms with Crippen LogP contribution in [0.4, 0.5) is 9.18 Å². The number of amides is 4. The molecule has 1 aromatic carbocycles. The van der Waals surface area contributed by atoms with E-state index in [-0.39, 0.29) is 67.8 Å². The lowest BCUT2D eigenvalue weighted by atomic mass is 9.84. The van der Waals surface area contributed by atoms with Gasteiger partial charge in [-0.05, 0) is 89.1 Å². The van der Waals surface area contributed by atoms with Crippen LogP contribution in [0.5, 0.6) is 0 Å². The number of carbonyl (C=O) groups is 5. The number of carbonyl (C=O) groups excluding carboxylic acids is 4. The van der Waals surface area contributed by atoms with Crippen molar-refractivity contribution in [2.24, 2.45) is 17.3 Å². The van der Waals surface area contributed by atoms with Crippen LogP contribution in [0.15, 0.2) is 29.6 Å². The molecule has 2 aromatic rings. The van der Waals surface area contributed by atoms with Crippen LogP contribution in [-0.2, 0) is 39.8 Å². The number of benzene rings is 1. The molecule has 0 aliphatic carbocycles. The second kappa shape index (κ2) is 33.6. The lowest BCUT2D eigenvalue weighted by Gasteiger charge is -2.40. The molecule has 1 aliphatic rings. The summed E-state index contributed by atoms with van der Waals surface area (Å²) in [5.74, 6) is -2.67. The predicted octanol–water partition coefficient (Wildman–Crippen LogP) is 7.78. The van der Waals surface area contributed by atoms with Gasteiger partial charge in [-0.15, -0.1) is 11.3 Å². The van der Waals surface area contributed by atoms with Crippen molar-refractivity contribution in [3.63, 3.8) is 0 Å². The van der Waals surface area contributed by atoms with Crippen molar-refractivity contribution in [2.45, 2.75) is 169 Å². The molecular weight excluding hydrogens is 958 g/mol. The third kappa shape index (κ3) is 23.0. The Morgan fingerprint density at radius 2 is 1.56 bits per heavy atom. The van der Waals surface area contributed by atoms with Gasteiger partial charge >= 0.3 is 12.1 Å². The highest BCUT2D eigenvalue weighted by molar-refractivity contribution is 7.09. The Balaban J connectivity index is 1.90. The van der Waals surface area contributed by atoms with Gasteiger partial charge in [0.15, 0.2) is 6.10 Å². The van der Waals surface area contributed by atoms with E-state index in [0.29, 0.717) is 62.6 Å². The van der Waals surface area contributed by atoms with Crippen LogP contribution in [0.25, 0.3) is 0 Å². The third-order valence-electron chi connectivity index (χ3n) is 13.4. The van der Waals surface area contributed by atoms with Crippen LogP contribution >= 0.6 is 11.3 Å². The second-order valence-electron chi connectivity index (χ2n) is 20.7. The number of hydrogen-bond acceptors (Lipinski definition) is 13. The van der Waals surface area contributed by atoms with E-state index in [4.69, 9.17) is 23.9 Å². The van der Waals surface area contributed by atoms with Gasteiger partial charge in [-0.2, -0.15) is 0 Å². The van der Waals surface area contributed by atoms with Crippen LogP contribution in [0.3, 0.4) is 0 Å². The number of unbranched alkanes of at least 4 members (excludes halogenated alkanes) is 3. The zero-order chi connectivity index (χ0) is 53.9. The average Bonchev–Trinajstić information content (AvgIpc) is 3.85. The molecule has 17 nitrogen and oxygen atoms in total. The van der Waals surface area contributed by atoms with Gasteiger partial charge in [0.25, 0.3) is 5.91 Å². The van der Waals surface area contributed by atoms with E-state index in [9.17, 15) is 28.7 Å². The van der Waals surface area contributed by atoms with Crippen molar-refractivity contribution in [3.8, 4) is 0 Å². The number of hydrogen-bond donors (Lipinski definition) is 5. The number of likely N-dealkylation sites (N-methyl/N-ethyl adjacent to an activating group) is 1. The average molecular weight is 1050 g/mol. The highest BCUT2D eigenvalue weighted by Crippen LogP contribution is 2.33. The number of halogens is 1. The molecule has 414 valence electrons. The monoisotopic (exact) mass is 1050 g/mol. The number of rotatable bonds is 36. The quantitative estimate of drug-likeness (QED) is 0.0414. The maximum Gasteiger partial charge on any atom is 0.407 e. The van der Waals surface area contributed by atoms with Crippen molar-refractivity contribution in [1.29, 1.82) is 0 Å². The van der Waals surface area contributed by atoms with E-state index in [1.807, 2.05) is 39.6 Å². The van der Waals surface area contributed by atoms with Crippen LogP contribution in [-0.4, -0.2) is 153 Å². The Bertz CT molecular complexity index is 1940. The first kappa shape index (κ1) is 63.0. The molecule has 0 unspecified atom stereocenters. The number of aliphatic carboxylic acids is 1. The highest BCUT2D eigenvalue weighted by atomic mass is 32.1. The number of ether oxygens (including phenoxy) is 4. The third-order valence-corrected chi connectivity index (χ3v) is 14.4. The molecular formula is C54H90FN7O10S. The van der Waals surface area contributed by atoms with Crippen LogP contribution < -0.4 is 21.3 Å². The number of carboxylic acids is 1. The summed E-state index contributed by atoms with van der Waals surface area (Å²) in [6.45, 7) is 22.0. The molecule has 1 aliphatic heterocycles. The number of likely N-dealkylation sites (tertiary alicyclic amines) is 1. The van der Waals surface area contributed by atoms with E-state index < -0.39 is 53.4 Å². The van der Waals surface area contributed by atoms with Crippen LogP contribution in [0.2, 0.25) is 0 Å². The largest absolute Gasteiger partial charge is 0.481 e. The minimum atomic E-state index is -1.20. The van der Waals surface area contributed by atoms with E-state index in [0.717, 1.165) is 69.4 Å². The molecule has 0 spiro atoms. The fraction of sp³-hybridized carbons (Fsp3) is 0.741. The lowest BCUT2D eigenvalue weighted by Crippen LogP contribution is -2.59. The summed E-state index contributed by atoms with van der Waals surface area (Å²) in [5, 5.41) is 24.1. The Morgan fingerprint density at radius 1 is 0.904 bits per heavy atom. The van der Waals surface area contributed by atoms with Crippen molar-refractivity contribution in [1.82, 2.24) is 36.1 Å². The number of nitrogens with zero attached hydrogens (tertiary/aromatic N) is 3. The van der Waals surface area contributed by atoms with Crippen LogP contribution in [0, 0.1) is 23.1 Å². The summed E-state index contributed by atoms with van der Waals surface area (Å²) in [5.41, 5.74) is -0.454. The summed E-state index contributed by atoms with van der Waals surface area (Å²) >= 11 is 1.14. The topological polar surface area (TPSA) is 210 Å². The molecule has 4 amide bonds. The molecule has 0 bridgehead atoms. The van der Waals surface area contributed by atoms with Gasteiger partial charge in [0.1, 0.15) is 22.6 Å². The van der Waals surface area contributed by atoms with Gasteiger partial charge in [-0.3, -0.25) is 24.1 Å². The zero-order valence-corrected chi connectivity index (χ0v) is 46.4. The molecule has 2 heterocycles. The van der Waals surface area contributed by atoms with Crippen LogP contribution in [0.1, 0.15) is 154 Å². The van der Waals surface area contributed by atoms with Crippen molar-refractivity contribution < 1.29 is 52.4 Å². The summed E-state index contributed by atoms with van der Waals surface area (Å²) in [7, 11) is 1.95. The van der Waals surface area contributed by atoms with E-state index in [1.54, 1.807) is 31.4 Å². The van der Waals surface area contributed by atoms with Crippen molar-refractivity contribution in [3.05, 3.63) is 51.7 Å². The molecule has 3 rings (SSSR count). The van der Waals surface area contributed by atoms with Crippen molar-refractivity contribution >= 4 is 41.1 Å². The highest BCUT2D eigenvalue weighted by Gasteiger charge is 2.39. The summed E-state index contributed by atoms with van der Waals surface area (Å²) in [4.78, 5) is 77.7. The number of aromatic nitrogens is 1. The predicted molar refractivity (Wildman–Crippen MR) is 283 cm³/mol. The maximum atomic E-state index is 15.2. The number of thiazole rings is 1. The van der Waals surface area contributed by atoms with E-state index in [1.165, 1.54) is 12.1 Å². The van der Waals surface area contributed by atoms with Gasteiger partial charge in [0.2, 0.25) is 11.8 Å². The summed E-state index contributed by atoms with van der Waals surface area (Å²) in [6.07, 6.45) is 5.65. The zero-order valence-electron chi connectivity index (χ0n) is 45.6. The molecule has 1 saturated heterocycles. The van der Waals surface area contributed by atoms with E-state index >= 15 is 4.79 Å². The lowest BCUT2D eigenvalue weighted by molar-refractivity contribution is -0.147. The smallest absolute Gasteiger partial charge is 0.407 e. The molecule has 6 atom stereocenters. The second-order valence-corrected chi connectivity index (χ2v) is 21.6. The molecule has 1 fully saturated rings. The number of nitrogens with one attached hydrogen (secondary N) is 4. The Morgan fingerprint density at radius 3 is 2.16 bits per heavy atom. The SMILES string of the molecule is CCCCCCN(C(=O)[C@@H](NC(=O)[C@H]1CCCCN1C)[C@@H](C)CC)[C@H](C[C@@H](OC(=O)NCCOCCOCCOCCNC(C)C)c1nc(C(=O)N[C@@H](Cc2ccc(F)cc2)CC(C)(C)C(=O)O)cs1)C(C)C. The molecule has 0 saturated carbocycles. The normalized spacial score (nSPS) is 16.4. The molecule has 73 heavy (non-hydrogen) atoms. The summed E-state index contributed by atoms with van der Waals surface area (Å²) < 4.78 is 36.9. The molecule has 0 radical (unpaired) electrons. The van der Waals surface area contributed by atoms with Gasteiger partial charge in [-0.25, -0.2) is 14.2 Å². The number of alkyl carbamates (subject to hydrolysis) is 1. The van der Waals surface area contributed by atoms with Gasteiger partial charge in [0, 0.05) is 49.6 Å². The maximum absolute atomic E-state index is 15.2. The summed E-state index contributed by atoms with van der Waals surface area (Å²) in [6, 6.07) is 3.96. The van der Waals surface area contributed by atoms with E-state index in [2.05, 4.69) is 46.9 Å². The number of piperidine rings is 1. The van der Waals surface area contributed by atoms with Gasteiger partial charge < -0.3 is 50.2 Å². The first-order chi connectivity index (χ1) is 34.8.